The fourth-order valence-corrected chi connectivity index (χ4v) is 5.25. The number of likely N-dealkylation sites (N-methyl/N-ethyl adjacent to an activating group) is 2. The summed E-state index contributed by atoms with van der Waals surface area (Å²) in [6.07, 6.45) is 0.671. The third-order valence-electron chi connectivity index (χ3n) is 7.86. The third kappa shape index (κ3) is 7.28. The van der Waals surface area contributed by atoms with Crippen LogP contribution in [-0.2, 0) is 20.8 Å². The minimum absolute atomic E-state index is 0.0260. The van der Waals surface area contributed by atoms with Crippen LogP contribution in [-0.4, -0.2) is 80.9 Å². The molecule has 3 N–H and O–H groups in total. The predicted molar refractivity (Wildman–Crippen MR) is 168 cm³/mol. The monoisotopic (exact) mass is 584 g/mol. The van der Waals surface area contributed by atoms with E-state index in [1.54, 1.807) is 18.0 Å². The number of amides is 3. The molecule has 5 rings (SSSR count). The fraction of sp³-hybridized carbons (Fsp3) is 0.303. The maximum absolute atomic E-state index is 13.9. The van der Waals surface area contributed by atoms with Crippen LogP contribution in [0.5, 0.6) is 0 Å². The summed E-state index contributed by atoms with van der Waals surface area (Å²) >= 11 is 0. The fourth-order valence-electron chi connectivity index (χ4n) is 5.25. The second kappa shape index (κ2) is 13.2. The predicted octanol–water partition coefficient (Wildman–Crippen LogP) is 3.65. The first-order chi connectivity index (χ1) is 20.7. The molecule has 224 valence electrons. The van der Waals surface area contributed by atoms with Crippen molar-refractivity contribution >= 4 is 46.1 Å². The Morgan fingerprint density at radius 1 is 0.977 bits per heavy atom. The van der Waals surface area contributed by atoms with Gasteiger partial charge in [-0.3, -0.25) is 19.3 Å². The van der Waals surface area contributed by atoms with E-state index in [4.69, 9.17) is 0 Å². The van der Waals surface area contributed by atoms with Crippen LogP contribution in [0.2, 0.25) is 0 Å². The Balaban J connectivity index is 1.38. The summed E-state index contributed by atoms with van der Waals surface area (Å²) in [5, 5.41) is 8.99. The standard InChI is InChI=1S/C33H37FN6O3/c1-22(41)35-15-14-23-4-6-24(7-5-23)32(31-28-13-8-25(34)20-29(28)37-33(31)43)36-26-9-11-27(12-10-26)39(3)30(42)21-40-18-16-38(2)17-19-40/h4-13,20,36H,14-19,21H2,1-3H3,(H,35,41)(H,37,43)/b32-31-. The molecule has 0 atom stereocenters. The number of benzene rings is 3. The van der Waals surface area contributed by atoms with Gasteiger partial charge in [-0.15, -0.1) is 0 Å². The van der Waals surface area contributed by atoms with Gasteiger partial charge in [0.1, 0.15) is 5.82 Å². The molecule has 3 aromatic rings. The number of halogens is 1. The highest BCUT2D eigenvalue weighted by Crippen LogP contribution is 2.38. The minimum atomic E-state index is -0.430. The van der Waals surface area contributed by atoms with E-state index < -0.39 is 5.82 Å². The zero-order chi connectivity index (χ0) is 30.5. The molecule has 3 amide bonds. The van der Waals surface area contributed by atoms with Gasteiger partial charge in [-0.1, -0.05) is 24.3 Å². The van der Waals surface area contributed by atoms with Crippen LogP contribution >= 0.6 is 0 Å². The first kappa shape index (κ1) is 29.9. The van der Waals surface area contributed by atoms with Crippen molar-refractivity contribution in [3.8, 4) is 0 Å². The lowest BCUT2D eigenvalue weighted by Gasteiger charge is -2.32. The number of anilines is 3. The summed E-state index contributed by atoms with van der Waals surface area (Å²) in [6.45, 7) is 6.03. The van der Waals surface area contributed by atoms with E-state index in [9.17, 15) is 18.8 Å². The Bertz CT molecular complexity index is 1530. The van der Waals surface area contributed by atoms with Crippen molar-refractivity contribution in [3.63, 3.8) is 0 Å². The topological polar surface area (TPSA) is 97.0 Å². The molecule has 2 heterocycles. The van der Waals surface area contributed by atoms with Crippen LogP contribution in [0.1, 0.15) is 23.6 Å². The van der Waals surface area contributed by atoms with Crippen molar-refractivity contribution < 1.29 is 18.8 Å². The molecule has 3 aromatic carbocycles. The van der Waals surface area contributed by atoms with Gasteiger partial charge >= 0.3 is 0 Å². The lowest BCUT2D eigenvalue weighted by atomic mass is 9.98. The maximum Gasteiger partial charge on any atom is 0.258 e. The van der Waals surface area contributed by atoms with Crippen LogP contribution in [0.3, 0.4) is 0 Å². The molecule has 0 bridgehead atoms. The Kier molecular flexibility index (Phi) is 9.18. The van der Waals surface area contributed by atoms with Crippen LogP contribution in [0.15, 0.2) is 66.7 Å². The number of hydrogen-bond donors (Lipinski definition) is 3. The number of hydrogen-bond acceptors (Lipinski definition) is 6. The van der Waals surface area contributed by atoms with E-state index in [-0.39, 0.29) is 17.7 Å². The van der Waals surface area contributed by atoms with Crippen LogP contribution in [0.4, 0.5) is 21.5 Å². The molecule has 1 saturated heterocycles. The van der Waals surface area contributed by atoms with Crippen molar-refractivity contribution in [2.75, 3.05) is 68.9 Å². The average molecular weight is 585 g/mol. The summed E-state index contributed by atoms with van der Waals surface area (Å²) in [6, 6.07) is 19.5. The second-order valence-electron chi connectivity index (χ2n) is 11.0. The molecule has 0 aliphatic carbocycles. The van der Waals surface area contributed by atoms with E-state index in [1.165, 1.54) is 19.1 Å². The van der Waals surface area contributed by atoms with Crippen molar-refractivity contribution in [2.45, 2.75) is 13.3 Å². The number of rotatable bonds is 9. The molecule has 1 fully saturated rings. The average Bonchev–Trinajstić information content (AvgIpc) is 3.31. The number of carbonyl (C=O) groups is 3. The number of nitrogens with zero attached hydrogens (tertiary/aromatic N) is 3. The quantitative estimate of drug-likeness (QED) is 0.333. The Labute approximate surface area is 251 Å². The largest absolute Gasteiger partial charge is 0.356 e. The van der Waals surface area contributed by atoms with Crippen molar-refractivity contribution in [1.29, 1.82) is 0 Å². The molecule has 43 heavy (non-hydrogen) atoms. The van der Waals surface area contributed by atoms with Crippen molar-refractivity contribution in [3.05, 3.63) is 89.2 Å². The molecule has 0 radical (unpaired) electrons. The van der Waals surface area contributed by atoms with Gasteiger partial charge in [0.2, 0.25) is 11.8 Å². The summed E-state index contributed by atoms with van der Waals surface area (Å²) in [7, 11) is 3.87. The first-order valence-corrected chi connectivity index (χ1v) is 14.4. The normalized spacial score (nSPS) is 16.3. The van der Waals surface area contributed by atoms with Gasteiger partial charge in [-0.2, -0.15) is 0 Å². The molecule has 0 unspecified atom stereocenters. The lowest BCUT2D eigenvalue weighted by Crippen LogP contribution is -2.48. The maximum atomic E-state index is 13.9. The highest BCUT2D eigenvalue weighted by Gasteiger charge is 2.29. The van der Waals surface area contributed by atoms with E-state index >= 15 is 0 Å². The van der Waals surface area contributed by atoms with E-state index in [2.05, 4.69) is 32.8 Å². The summed E-state index contributed by atoms with van der Waals surface area (Å²) in [5.41, 5.74) is 5.30. The zero-order valence-electron chi connectivity index (χ0n) is 24.7. The van der Waals surface area contributed by atoms with Gasteiger partial charge in [-0.05, 0) is 67.1 Å². The van der Waals surface area contributed by atoms with Gasteiger partial charge in [-0.25, -0.2) is 4.39 Å². The molecular weight excluding hydrogens is 547 g/mol. The molecule has 9 nitrogen and oxygen atoms in total. The smallest absolute Gasteiger partial charge is 0.258 e. The van der Waals surface area contributed by atoms with Gasteiger partial charge in [0, 0.05) is 63.6 Å². The van der Waals surface area contributed by atoms with E-state index in [0.717, 1.165) is 48.7 Å². The lowest BCUT2D eigenvalue weighted by molar-refractivity contribution is -0.120. The SMILES string of the molecule is CC(=O)NCCc1ccc(/C(Nc2ccc(N(C)C(=O)CN3CCN(C)CC3)cc2)=C2/C(=O)Nc3cc(F)ccc32)cc1. The molecular formula is C33H37FN6O3. The molecule has 2 aliphatic rings. The number of carbonyl (C=O) groups excluding carboxylic acids is 3. The summed E-state index contributed by atoms with van der Waals surface area (Å²) in [5.74, 6) is -0.811. The molecule has 2 aliphatic heterocycles. The van der Waals surface area contributed by atoms with Crippen molar-refractivity contribution in [1.82, 2.24) is 15.1 Å². The number of fused-ring (bicyclic) bond motifs is 1. The van der Waals surface area contributed by atoms with E-state index in [1.807, 2.05) is 48.5 Å². The van der Waals surface area contributed by atoms with Gasteiger partial charge in [0.05, 0.1) is 23.5 Å². The van der Waals surface area contributed by atoms with Crippen molar-refractivity contribution in [2.24, 2.45) is 0 Å². The van der Waals surface area contributed by atoms with Gasteiger partial charge < -0.3 is 25.8 Å². The van der Waals surface area contributed by atoms with Gasteiger partial charge in [0.25, 0.3) is 5.91 Å². The highest BCUT2D eigenvalue weighted by atomic mass is 19.1. The minimum Gasteiger partial charge on any atom is -0.356 e. The molecule has 0 spiro atoms. The molecule has 10 heteroatoms. The van der Waals surface area contributed by atoms with Crippen LogP contribution < -0.4 is 20.9 Å². The summed E-state index contributed by atoms with van der Waals surface area (Å²) < 4.78 is 13.9. The Morgan fingerprint density at radius 2 is 1.67 bits per heavy atom. The highest BCUT2D eigenvalue weighted by molar-refractivity contribution is 6.37. The van der Waals surface area contributed by atoms with Crippen LogP contribution in [0.25, 0.3) is 11.3 Å². The van der Waals surface area contributed by atoms with Gasteiger partial charge in [0.15, 0.2) is 0 Å². The molecule has 0 saturated carbocycles. The Morgan fingerprint density at radius 3 is 2.35 bits per heavy atom. The first-order valence-electron chi connectivity index (χ1n) is 14.4. The number of nitrogens with one attached hydrogen (secondary N) is 3. The third-order valence-corrected chi connectivity index (χ3v) is 7.86. The second-order valence-corrected chi connectivity index (χ2v) is 11.0. The van der Waals surface area contributed by atoms with Crippen LogP contribution in [0, 0.1) is 5.82 Å². The zero-order valence-corrected chi connectivity index (χ0v) is 24.7. The Hall–Kier alpha value is -4.54. The number of piperazine rings is 1. The molecule has 0 aromatic heterocycles. The summed E-state index contributed by atoms with van der Waals surface area (Å²) in [4.78, 5) is 43.5. The van der Waals surface area contributed by atoms with E-state index in [0.29, 0.717) is 42.0 Å².